The van der Waals surface area contributed by atoms with Gasteiger partial charge in [-0.1, -0.05) is 12.1 Å². The van der Waals surface area contributed by atoms with Gasteiger partial charge >= 0.3 is 6.08 Å². The number of ketones is 1. The Hall–Kier alpha value is -1.84. The number of hydrogen-bond acceptors (Lipinski definition) is 4. The van der Waals surface area contributed by atoms with Crippen molar-refractivity contribution in [3.05, 3.63) is 23.8 Å². The molecule has 0 saturated heterocycles. The van der Waals surface area contributed by atoms with Gasteiger partial charge < -0.3 is 9.15 Å². The lowest BCUT2D eigenvalue weighted by atomic mass is 10.1. The normalized spacial score (nSPS) is 10.5. The second kappa shape index (κ2) is 3.73. The Morgan fingerprint density at radius 1 is 1.53 bits per heavy atom. The number of carbonyl (C=O) groups excluding carboxylic acids is 1. The van der Waals surface area contributed by atoms with Crippen LogP contribution in [0.1, 0.15) is 12.5 Å². The van der Waals surface area contributed by atoms with Gasteiger partial charge in [-0.05, 0) is 18.6 Å². The highest BCUT2D eigenvalue weighted by Crippen LogP contribution is 2.23. The molecule has 0 aliphatic heterocycles. The molecule has 78 valence electrons. The van der Waals surface area contributed by atoms with Crippen molar-refractivity contribution in [3.63, 3.8) is 0 Å². The maximum Gasteiger partial charge on any atom is 0.394 e. The summed E-state index contributed by atoms with van der Waals surface area (Å²) < 4.78 is 10.2. The van der Waals surface area contributed by atoms with Crippen LogP contribution in [0.4, 0.5) is 0 Å². The zero-order chi connectivity index (χ0) is 10.8. The minimum atomic E-state index is 0.101. The lowest BCUT2D eigenvalue weighted by molar-refractivity contribution is -0.116. The number of oxazole rings is 1. The SMILES string of the molecule is COc1nc2c(CC(C)=O)cccc2o1. The summed E-state index contributed by atoms with van der Waals surface area (Å²) in [6.45, 7) is 1.55. The minimum Gasteiger partial charge on any atom is -0.453 e. The van der Waals surface area contributed by atoms with Gasteiger partial charge in [-0.2, -0.15) is 4.98 Å². The van der Waals surface area contributed by atoms with E-state index in [2.05, 4.69) is 4.98 Å². The first kappa shape index (κ1) is 9.71. The third kappa shape index (κ3) is 1.83. The molecule has 15 heavy (non-hydrogen) atoms. The van der Waals surface area contributed by atoms with Gasteiger partial charge in [-0.3, -0.25) is 4.79 Å². The molecule has 0 amide bonds. The van der Waals surface area contributed by atoms with Crippen LogP contribution in [0.15, 0.2) is 22.6 Å². The van der Waals surface area contributed by atoms with Gasteiger partial charge in [0, 0.05) is 6.42 Å². The monoisotopic (exact) mass is 205 g/mol. The number of rotatable bonds is 3. The highest BCUT2D eigenvalue weighted by Gasteiger charge is 2.10. The van der Waals surface area contributed by atoms with Crippen molar-refractivity contribution in [2.75, 3.05) is 7.11 Å². The van der Waals surface area contributed by atoms with E-state index >= 15 is 0 Å². The third-order valence-corrected chi connectivity index (χ3v) is 2.10. The Morgan fingerprint density at radius 3 is 3.00 bits per heavy atom. The van der Waals surface area contributed by atoms with E-state index in [4.69, 9.17) is 9.15 Å². The first-order valence-electron chi connectivity index (χ1n) is 4.62. The summed E-state index contributed by atoms with van der Waals surface area (Å²) in [4.78, 5) is 15.2. The Bertz CT molecular complexity index is 502. The van der Waals surface area contributed by atoms with Crippen molar-refractivity contribution in [3.8, 4) is 6.08 Å². The highest BCUT2D eigenvalue weighted by atomic mass is 16.6. The summed E-state index contributed by atoms with van der Waals surface area (Å²) in [6, 6.07) is 5.51. The van der Waals surface area contributed by atoms with Gasteiger partial charge in [-0.25, -0.2) is 0 Å². The molecule has 4 nitrogen and oxygen atoms in total. The molecule has 2 aromatic rings. The molecule has 0 unspecified atom stereocenters. The molecule has 1 aromatic heterocycles. The molecule has 0 aliphatic carbocycles. The molecule has 0 atom stereocenters. The minimum absolute atomic E-state index is 0.101. The zero-order valence-electron chi connectivity index (χ0n) is 8.61. The average molecular weight is 205 g/mol. The predicted octanol–water partition coefficient (Wildman–Crippen LogP) is 1.97. The van der Waals surface area contributed by atoms with E-state index in [0.29, 0.717) is 17.5 Å². The standard InChI is InChI=1S/C11H11NO3/c1-7(13)6-8-4-3-5-9-10(8)12-11(14-2)15-9/h3-5H,6H2,1-2H3. The summed E-state index contributed by atoms with van der Waals surface area (Å²) in [7, 11) is 1.50. The second-order valence-corrected chi connectivity index (χ2v) is 3.33. The van der Waals surface area contributed by atoms with Crippen molar-refractivity contribution >= 4 is 16.9 Å². The molecule has 1 aromatic carbocycles. The number of ether oxygens (including phenoxy) is 1. The van der Waals surface area contributed by atoms with Crippen molar-refractivity contribution < 1.29 is 13.9 Å². The van der Waals surface area contributed by atoms with E-state index < -0.39 is 0 Å². The van der Waals surface area contributed by atoms with Crippen LogP contribution in [0.3, 0.4) is 0 Å². The Kier molecular flexibility index (Phi) is 2.41. The van der Waals surface area contributed by atoms with Gasteiger partial charge in [-0.15, -0.1) is 0 Å². The molecule has 4 heteroatoms. The Balaban J connectivity index is 2.54. The van der Waals surface area contributed by atoms with Crippen molar-refractivity contribution in [1.29, 1.82) is 0 Å². The molecule has 0 saturated carbocycles. The van der Waals surface area contributed by atoms with E-state index in [1.165, 1.54) is 7.11 Å². The van der Waals surface area contributed by atoms with Gasteiger partial charge in [0.15, 0.2) is 5.58 Å². The van der Waals surface area contributed by atoms with Crippen molar-refractivity contribution in [2.45, 2.75) is 13.3 Å². The van der Waals surface area contributed by atoms with E-state index in [9.17, 15) is 4.79 Å². The van der Waals surface area contributed by atoms with Gasteiger partial charge in [0.1, 0.15) is 11.3 Å². The molecule has 0 fully saturated rings. The molecular weight excluding hydrogens is 194 g/mol. The van der Waals surface area contributed by atoms with Crippen LogP contribution in [0.2, 0.25) is 0 Å². The molecule has 2 rings (SSSR count). The fraction of sp³-hybridized carbons (Fsp3) is 0.273. The lowest BCUT2D eigenvalue weighted by Crippen LogP contribution is -1.96. The fourth-order valence-corrected chi connectivity index (χ4v) is 1.48. The molecule has 0 spiro atoms. The first-order valence-corrected chi connectivity index (χ1v) is 4.62. The number of methoxy groups -OCH3 is 1. The topological polar surface area (TPSA) is 52.3 Å². The van der Waals surface area contributed by atoms with Gasteiger partial charge in [0.2, 0.25) is 0 Å². The van der Waals surface area contributed by atoms with Crippen LogP contribution >= 0.6 is 0 Å². The van der Waals surface area contributed by atoms with Crippen LogP contribution in [0, 0.1) is 0 Å². The predicted molar refractivity (Wildman–Crippen MR) is 54.9 cm³/mol. The molecule has 0 bridgehead atoms. The summed E-state index contributed by atoms with van der Waals surface area (Å²) >= 11 is 0. The van der Waals surface area contributed by atoms with Crippen LogP contribution < -0.4 is 4.74 Å². The highest BCUT2D eigenvalue weighted by molar-refractivity contribution is 5.85. The Morgan fingerprint density at radius 2 is 2.33 bits per heavy atom. The fourth-order valence-electron chi connectivity index (χ4n) is 1.48. The maximum atomic E-state index is 11.0. The largest absolute Gasteiger partial charge is 0.453 e. The maximum absolute atomic E-state index is 11.0. The number of Topliss-reactive ketones (excluding diaryl/α,β-unsaturated/α-hetero) is 1. The van der Waals surface area contributed by atoms with E-state index in [1.807, 2.05) is 12.1 Å². The van der Waals surface area contributed by atoms with Crippen LogP contribution in [0.5, 0.6) is 6.08 Å². The summed E-state index contributed by atoms with van der Waals surface area (Å²) in [5, 5.41) is 0. The van der Waals surface area contributed by atoms with Crippen LogP contribution in [-0.2, 0) is 11.2 Å². The number of benzene rings is 1. The van der Waals surface area contributed by atoms with Gasteiger partial charge in [0.25, 0.3) is 0 Å². The summed E-state index contributed by atoms with van der Waals surface area (Å²) in [5.41, 5.74) is 2.21. The van der Waals surface area contributed by atoms with E-state index in [0.717, 1.165) is 5.56 Å². The number of hydrogen-bond donors (Lipinski definition) is 0. The first-order chi connectivity index (χ1) is 7.20. The molecular formula is C11H11NO3. The number of carbonyl (C=O) groups is 1. The van der Waals surface area contributed by atoms with Crippen molar-refractivity contribution in [2.24, 2.45) is 0 Å². The number of para-hydroxylation sites is 1. The lowest BCUT2D eigenvalue weighted by Gasteiger charge is -1.96. The number of aromatic nitrogens is 1. The molecule has 0 N–H and O–H groups in total. The van der Waals surface area contributed by atoms with Crippen LogP contribution in [-0.4, -0.2) is 17.9 Å². The van der Waals surface area contributed by atoms with E-state index in [-0.39, 0.29) is 11.9 Å². The second-order valence-electron chi connectivity index (χ2n) is 3.33. The molecule has 1 heterocycles. The van der Waals surface area contributed by atoms with Crippen LogP contribution in [0.25, 0.3) is 11.1 Å². The van der Waals surface area contributed by atoms with Gasteiger partial charge in [0.05, 0.1) is 7.11 Å². The Labute approximate surface area is 86.9 Å². The molecule has 0 aliphatic rings. The molecule has 0 radical (unpaired) electrons. The summed E-state index contributed by atoms with van der Waals surface area (Å²) in [5.74, 6) is 0.101. The third-order valence-electron chi connectivity index (χ3n) is 2.10. The average Bonchev–Trinajstić information content (AvgIpc) is 2.61. The van der Waals surface area contributed by atoms with Crippen molar-refractivity contribution in [1.82, 2.24) is 4.98 Å². The smallest absolute Gasteiger partial charge is 0.394 e. The summed E-state index contributed by atoms with van der Waals surface area (Å²) in [6.07, 6.45) is 0.591. The quantitative estimate of drug-likeness (QED) is 0.768. The zero-order valence-corrected chi connectivity index (χ0v) is 8.61. The number of fused-ring (bicyclic) bond motifs is 1. The van der Waals surface area contributed by atoms with E-state index in [1.54, 1.807) is 13.0 Å². The number of nitrogens with zero attached hydrogens (tertiary/aromatic N) is 1.